The van der Waals surface area contributed by atoms with Crippen LogP contribution < -0.4 is 0 Å². The first-order valence-corrected chi connectivity index (χ1v) is 4.69. The van der Waals surface area contributed by atoms with Crippen LogP contribution in [-0.2, 0) is 10.6 Å². The number of rotatable bonds is 1. The van der Waals surface area contributed by atoms with Gasteiger partial charge in [0.05, 0.1) is 10.6 Å². The molecule has 6 heteroatoms. The number of nitrogens with zero attached hydrogens (tertiary/aromatic N) is 1. The van der Waals surface area contributed by atoms with Gasteiger partial charge >= 0.3 is 0 Å². The highest BCUT2D eigenvalue weighted by molar-refractivity contribution is 9.10. The molecule has 0 saturated heterocycles. The van der Waals surface area contributed by atoms with Gasteiger partial charge in [0.15, 0.2) is 0 Å². The van der Waals surface area contributed by atoms with E-state index >= 15 is 0 Å². The van der Waals surface area contributed by atoms with Crippen LogP contribution in [0.5, 0.6) is 5.88 Å². The smallest absolute Gasteiger partial charge is 0.228 e. The van der Waals surface area contributed by atoms with Gasteiger partial charge in [-0.25, -0.2) is 9.19 Å². The van der Waals surface area contributed by atoms with Gasteiger partial charge in [-0.2, -0.15) is 0 Å². The number of pyridine rings is 1. The van der Waals surface area contributed by atoms with Gasteiger partial charge in [-0.3, -0.25) is 4.78 Å². The number of halogens is 1. The van der Waals surface area contributed by atoms with Crippen LogP contribution in [0.2, 0.25) is 0 Å². The van der Waals surface area contributed by atoms with E-state index in [4.69, 9.17) is 9.89 Å². The molecule has 1 rings (SSSR count). The van der Waals surface area contributed by atoms with Crippen molar-refractivity contribution < 1.29 is 9.32 Å². The van der Waals surface area contributed by atoms with Crippen molar-refractivity contribution in [3.63, 3.8) is 0 Å². The van der Waals surface area contributed by atoms with Crippen LogP contribution in [0, 0.1) is 4.78 Å². The third-order valence-electron chi connectivity index (χ3n) is 1.03. The van der Waals surface area contributed by atoms with Gasteiger partial charge in [0.2, 0.25) is 5.88 Å². The molecule has 1 heterocycles. The summed E-state index contributed by atoms with van der Waals surface area (Å²) in [6.45, 7) is 0. The van der Waals surface area contributed by atoms with Crippen molar-refractivity contribution in [3.05, 3.63) is 16.7 Å². The Morgan fingerprint density at radius 1 is 1.73 bits per heavy atom. The summed E-state index contributed by atoms with van der Waals surface area (Å²) in [7, 11) is -2.28. The van der Waals surface area contributed by atoms with Crippen LogP contribution in [-0.4, -0.2) is 14.3 Å². The maximum Gasteiger partial charge on any atom is 0.228 e. The monoisotopic (exact) mass is 236 g/mol. The number of nitrogens with one attached hydrogen (secondary N) is 1. The molecule has 0 aliphatic carbocycles. The molecule has 4 nitrogen and oxygen atoms in total. The van der Waals surface area contributed by atoms with Gasteiger partial charge in [0.25, 0.3) is 0 Å². The lowest BCUT2D eigenvalue weighted by atomic mass is 10.5. The van der Waals surface area contributed by atoms with Crippen LogP contribution >= 0.6 is 15.9 Å². The molecule has 60 valence electrons. The van der Waals surface area contributed by atoms with Gasteiger partial charge in [-0.15, -0.1) is 0 Å². The second kappa shape index (κ2) is 3.19. The second-order valence-corrected chi connectivity index (χ2v) is 3.78. The summed E-state index contributed by atoms with van der Waals surface area (Å²) in [4.78, 5) is 3.56. The number of aromatic hydroxyl groups is 1. The Labute approximate surface area is 73.4 Å². The minimum absolute atomic E-state index is 0.0503. The Bertz CT molecular complexity index is 342. The summed E-state index contributed by atoms with van der Waals surface area (Å²) >= 11 is 3.08. The van der Waals surface area contributed by atoms with Gasteiger partial charge in [0, 0.05) is 10.7 Å². The highest BCUT2D eigenvalue weighted by Gasteiger charge is 2.02. The lowest BCUT2D eigenvalue weighted by Crippen LogP contribution is -1.83. The lowest BCUT2D eigenvalue weighted by Gasteiger charge is -1.95. The molecule has 11 heavy (non-hydrogen) atoms. The normalized spacial score (nSPS) is 12.8. The first kappa shape index (κ1) is 8.48. The molecule has 1 aromatic heterocycles. The Hall–Kier alpha value is -0.620. The molecule has 0 fully saturated rings. The zero-order valence-corrected chi connectivity index (χ0v) is 7.76. The third kappa shape index (κ3) is 1.90. The Morgan fingerprint density at radius 3 is 2.82 bits per heavy atom. The topological polar surface area (TPSA) is 74.0 Å². The minimum Gasteiger partial charge on any atom is -0.492 e. The third-order valence-corrected chi connectivity index (χ3v) is 2.23. The summed E-state index contributed by atoms with van der Waals surface area (Å²) in [5.74, 6) is -0.343. The van der Waals surface area contributed by atoms with Crippen molar-refractivity contribution in [3.8, 4) is 5.88 Å². The van der Waals surface area contributed by atoms with Crippen molar-refractivity contribution in [1.29, 1.82) is 4.78 Å². The molecule has 1 unspecified atom stereocenters. The minimum atomic E-state index is -2.28. The van der Waals surface area contributed by atoms with E-state index in [1.54, 1.807) is 0 Å². The summed E-state index contributed by atoms with van der Waals surface area (Å²) in [5.41, 5.74) is 0. The van der Waals surface area contributed by atoms with E-state index < -0.39 is 10.6 Å². The standard InChI is InChI=1S/C5H5BrN2O2S/c6-3-1-4(11(7)10)5(9)8-2-3/h1-2,7,11H,(H,8,9). The van der Waals surface area contributed by atoms with E-state index in [2.05, 4.69) is 20.9 Å². The van der Waals surface area contributed by atoms with Crippen molar-refractivity contribution in [1.82, 2.24) is 4.98 Å². The number of thiol groups is 1. The van der Waals surface area contributed by atoms with Gasteiger partial charge in [-0.05, 0) is 22.0 Å². The van der Waals surface area contributed by atoms with E-state index in [9.17, 15) is 4.21 Å². The van der Waals surface area contributed by atoms with Crippen LogP contribution in [0.25, 0.3) is 0 Å². The van der Waals surface area contributed by atoms with Crippen molar-refractivity contribution >= 4 is 26.5 Å². The van der Waals surface area contributed by atoms with Crippen molar-refractivity contribution in [2.45, 2.75) is 4.90 Å². The molecule has 0 bridgehead atoms. The molecular formula is C5H5BrN2O2S. The Morgan fingerprint density at radius 2 is 2.36 bits per heavy atom. The average molecular weight is 237 g/mol. The molecule has 2 N–H and O–H groups in total. The molecule has 0 radical (unpaired) electrons. The Balaban J connectivity index is 3.35. The Kier molecular flexibility index (Phi) is 2.45. The van der Waals surface area contributed by atoms with Crippen molar-refractivity contribution in [2.24, 2.45) is 0 Å². The molecule has 1 atom stereocenters. The van der Waals surface area contributed by atoms with E-state index in [1.807, 2.05) is 0 Å². The predicted molar refractivity (Wildman–Crippen MR) is 44.1 cm³/mol. The highest BCUT2D eigenvalue weighted by Crippen LogP contribution is 2.19. The molecular weight excluding hydrogens is 232 g/mol. The quantitative estimate of drug-likeness (QED) is 0.641. The molecule has 0 saturated carbocycles. The molecule has 0 amide bonds. The highest BCUT2D eigenvalue weighted by atomic mass is 79.9. The zero-order valence-electron chi connectivity index (χ0n) is 5.28. The van der Waals surface area contributed by atoms with E-state index in [0.717, 1.165) is 0 Å². The van der Waals surface area contributed by atoms with E-state index in [0.29, 0.717) is 4.47 Å². The van der Waals surface area contributed by atoms with Crippen LogP contribution in [0.1, 0.15) is 0 Å². The SMILES string of the molecule is N=[SH](=O)c1cc(Br)cnc1O. The molecule has 1 aromatic rings. The number of aromatic nitrogens is 1. The number of hydrogen-bond acceptors (Lipinski definition) is 4. The summed E-state index contributed by atoms with van der Waals surface area (Å²) in [5, 5.41) is 8.97. The fourth-order valence-electron chi connectivity index (χ4n) is 0.571. The summed E-state index contributed by atoms with van der Waals surface area (Å²) in [6.07, 6.45) is 1.37. The molecule has 0 aromatic carbocycles. The average Bonchev–Trinajstić information content (AvgIpc) is 1.94. The molecule has 0 aliphatic heterocycles. The summed E-state index contributed by atoms with van der Waals surface area (Å²) in [6, 6.07) is 1.41. The second-order valence-electron chi connectivity index (χ2n) is 1.79. The first-order chi connectivity index (χ1) is 5.11. The zero-order chi connectivity index (χ0) is 8.43. The maximum atomic E-state index is 10.6. The first-order valence-electron chi connectivity index (χ1n) is 2.64. The van der Waals surface area contributed by atoms with Crippen LogP contribution in [0.3, 0.4) is 0 Å². The fraction of sp³-hybridized carbons (Fsp3) is 0. The maximum absolute atomic E-state index is 10.6. The predicted octanol–water partition coefficient (Wildman–Crippen LogP) is 1.15. The molecule has 0 aliphatic rings. The molecule has 0 spiro atoms. The van der Waals surface area contributed by atoms with Crippen molar-refractivity contribution in [2.75, 3.05) is 0 Å². The summed E-state index contributed by atoms with van der Waals surface area (Å²) < 4.78 is 18.1. The largest absolute Gasteiger partial charge is 0.492 e. The fourth-order valence-corrected chi connectivity index (χ4v) is 1.57. The van der Waals surface area contributed by atoms with Crippen LogP contribution in [0.15, 0.2) is 21.6 Å². The van der Waals surface area contributed by atoms with Gasteiger partial charge in [-0.1, -0.05) is 0 Å². The number of hydrogen-bond donors (Lipinski definition) is 3. The van der Waals surface area contributed by atoms with Gasteiger partial charge in [0.1, 0.15) is 4.90 Å². The van der Waals surface area contributed by atoms with E-state index in [-0.39, 0.29) is 10.8 Å². The van der Waals surface area contributed by atoms with Gasteiger partial charge < -0.3 is 5.11 Å². The lowest BCUT2D eigenvalue weighted by molar-refractivity contribution is 0.438. The van der Waals surface area contributed by atoms with E-state index in [1.165, 1.54) is 12.3 Å². The van der Waals surface area contributed by atoms with Crippen LogP contribution in [0.4, 0.5) is 0 Å².